The molecule has 0 spiro atoms. The number of nitrogens with one attached hydrogen (secondary N) is 1. The second-order valence-corrected chi connectivity index (χ2v) is 5.44. The Balaban J connectivity index is 1.97. The van der Waals surface area contributed by atoms with Crippen molar-refractivity contribution >= 4 is 17.5 Å². The summed E-state index contributed by atoms with van der Waals surface area (Å²) in [4.78, 5) is 11.9. The Kier molecular flexibility index (Phi) is 4.45. The number of carbonyl (C=O) groups is 1. The average molecular weight is 284 g/mol. The second kappa shape index (κ2) is 5.90. The molecule has 1 fully saturated rings. The van der Waals surface area contributed by atoms with Crippen LogP contribution in [0.25, 0.3) is 0 Å². The van der Waals surface area contributed by atoms with Gasteiger partial charge in [0.15, 0.2) is 0 Å². The van der Waals surface area contributed by atoms with E-state index >= 15 is 0 Å². The third-order valence-electron chi connectivity index (χ3n) is 3.36. The van der Waals surface area contributed by atoms with E-state index in [0.29, 0.717) is 23.8 Å². The molecule has 2 N–H and O–H groups in total. The quantitative estimate of drug-likeness (QED) is 0.884. The van der Waals surface area contributed by atoms with Gasteiger partial charge in [-0.1, -0.05) is 29.8 Å². The summed E-state index contributed by atoms with van der Waals surface area (Å²) in [5, 5.41) is 13.7. The number of halogens is 1. The molecule has 19 heavy (non-hydrogen) atoms. The zero-order valence-corrected chi connectivity index (χ0v) is 11.6. The average Bonchev–Trinajstić information content (AvgIpc) is 2.90. The van der Waals surface area contributed by atoms with Crippen LogP contribution in [0.4, 0.5) is 0 Å². The Morgan fingerprint density at radius 2 is 2.32 bits per heavy atom. The van der Waals surface area contributed by atoms with E-state index in [4.69, 9.17) is 16.3 Å². The normalized spacial score (nSPS) is 21.9. The molecule has 0 bridgehead atoms. The minimum Gasteiger partial charge on any atom is -0.384 e. The molecule has 0 aliphatic carbocycles. The minimum absolute atomic E-state index is 0.0789. The molecule has 1 aliphatic heterocycles. The maximum absolute atomic E-state index is 11.9. The number of rotatable bonds is 4. The third-order valence-corrected chi connectivity index (χ3v) is 3.69. The first kappa shape index (κ1) is 14.3. The highest BCUT2D eigenvalue weighted by Crippen LogP contribution is 2.27. The van der Waals surface area contributed by atoms with Gasteiger partial charge in [-0.15, -0.1) is 0 Å². The second-order valence-electron chi connectivity index (χ2n) is 5.03. The summed E-state index contributed by atoms with van der Waals surface area (Å²) in [5.41, 5.74) is -0.576. The van der Waals surface area contributed by atoms with Crippen molar-refractivity contribution in [2.24, 2.45) is 5.92 Å². The van der Waals surface area contributed by atoms with E-state index in [1.54, 1.807) is 25.1 Å². The minimum atomic E-state index is -1.19. The SMILES string of the molecule is C[C@](O)(CNC(=O)[C@@H]1CCOC1)c1ccccc1Cl. The summed E-state index contributed by atoms with van der Waals surface area (Å²) < 4.78 is 5.17. The molecule has 0 unspecified atom stereocenters. The van der Waals surface area contributed by atoms with E-state index in [1.165, 1.54) is 0 Å². The van der Waals surface area contributed by atoms with Gasteiger partial charge in [0, 0.05) is 17.2 Å². The number of hydrogen-bond acceptors (Lipinski definition) is 3. The van der Waals surface area contributed by atoms with Crippen LogP contribution in [-0.2, 0) is 15.1 Å². The molecule has 0 radical (unpaired) electrons. The van der Waals surface area contributed by atoms with Crippen LogP contribution >= 0.6 is 11.6 Å². The van der Waals surface area contributed by atoms with Gasteiger partial charge in [-0.2, -0.15) is 0 Å². The molecular weight excluding hydrogens is 266 g/mol. The molecule has 1 saturated heterocycles. The fourth-order valence-corrected chi connectivity index (χ4v) is 2.48. The van der Waals surface area contributed by atoms with Crippen LogP contribution in [0.15, 0.2) is 24.3 Å². The van der Waals surface area contributed by atoms with E-state index in [1.807, 2.05) is 6.07 Å². The molecule has 4 nitrogen and oxygen atoms in total. The van der Waals surface area contributed by atoms with E-state index in [2.05, 4.69) is 5.32 Å². The van der Waals surface area contributed by atoms with E-state index in [0.717, 1.165) is 6.42 Å². The van der Waals surface area contributed by atoms with Crippen molar-refractivity contribution in [2.45, 2.75) is 18.9 Å². The highest BCUT2D eigenvalue weighted by molar-refractivity contribution is 6.31. The lowest BCUT2D eigenvalue weighted by Gasteiger charge is -2.25. The zero-order chi connectivity index (χ0) is 13.9. The van der Waals surface area contributed by atoms with Gasteiger partial charge in [0.1, 0.15) is 5.60 Å². The van der Waals surface area contributed by atoms with Crippen molar-refractivity contribution < 1.29 is 14.6 Å². The van der Waals surface area contributed by atoms with Crippen LogP contribution < -0.4 is 5.32 Å². The Morgan fingerprint density at radius 3 is 2.95 bits per heavy atom. The number of benzene rings is 1. The summed E-state index contributed by atoms with van der Waals surface area (Å²) in [6, 6.07) is 7.09. The molecule has 1 amide bonds. The lowest BCUT2D eigenvalue weighted by molar-refractivity contribution is -0.126. The van der Waals surface area contributed by atoms with Crippen LogP contribution in [0, 0.1) is 5.92 Å². The molecule has 5 heteroatoms. The third kappa shape index (κ3) is 3.47. The zero-order valence-electron chi connectivity index (χ0n) is 10.9. The number of amides is 1. The Hall–Kier alpha value is -1.10. The van der Waals surface area contributed by atoms with Crippen LogP contribution in [-0.4, -0.2) is 30.8 Å². The van der Waals surface area contributed by atoms with Gasteiger partial charge in [-0.05, 0) is 19.4 Å². The first-order valence-corrected chi connectivity index (χ1v) is 6.71. The summed E-state index contributed by atoms with van der Waals surface area (Å²) in [6.45, 7) is 2.85. The van der Waals surface area contributed by atoms with Gasteiger partial charge < -0.3 is 15.2 Å². The summed E-state index contributed by atoms with van der Waals surface area (Å²) in [7, 11) is 0. The van der Waals surface area contributed by atoms with Crippen molar-refractivity contribution in [1.29, 1.82) is 0 Å². The van der Waals surface area contributed by atoms with Gasteiger partial charge >= 0.3 is 0 Å². The standard InChI is InChI=1S/C14H18ClNO3/c1-14(18,11-4-2-3-5-12(11)15)9-16-13(17)10-6-7-19-8-10/h2-5,10,18H,6-9H2,1H3,(H,16,17)/t10-,14+/m1/s1. The van der Waals surface area contributed by atoms with Gasteiger partial charge in [-0.25, -0.2) is 0 Å². The molecule has 1 heterocycles. The Labute approximate surface area is 117 Å². The molecule has 2 atom stereocenters. The van der Waals surface area contributed by atoms with Crippen LogP contribution in [0.5, 0.6) is 0 Å². The molecule has 0 saturated carbocycles. The monoisotopic (exact) mass is 283 g/mol. The van der Waals surface area contributed by atoms with Crippen molar-refractivity contribution in [2.75, 3.05) is 19.8 Å². The Morgan fingerprint density at radius 1 is 1.58 bits per heavy atom. The summed E-state index contributed by atoms with van der Waals surface area (Å²) >= 11 is 6.06. The predicted octanol–water partition coefficient (Wildman–Crippen LogP) is 1.70. The predicted molar refractivity (Wildman–Crippen MR) is 73.0 cm³/mol. The van der Waals surface area contributed by atoms with Crippen molar-refractivity contribution in [3.63, 3.8) is 0 Å². The van der Waals surface area contributed by atoms with E-state index in [9.17, 15) is 9.90 Å². The van der Waals surface area contributed by atoms with Crippen LogP contribution in [0.3, 0.4) is 0 Å². The largest absolute Gasteiger partial charge is 0.384 e. The molecule has 1 aromatic rings. The van der Waals surface area contributed by atoms with Crippen molar-refractivity contribution in [1.82, 2.24) is 5.32 Å². The highest BCUT2D eigenvalue weighted by atomic mass is 35.5. The first-order chi connectivity index (χ1) is 9.00. The molecule has 0 aromatic heterocycles. The van der Waals surface area contributed by atoms with Gasteiger partial charge in [0.25, 0.3) is 0 Å². The van der Waals surface area contributed by atoms with E-state index in [-0.39, 0.29) is 18.4 Å². The molecule has 104 valence electrons. The molecule has 1 aliphatic rings. The van der Waals surface area contributed by atoms with Gasteiger partial charge in [0.2, 0.25) is 5.91 Å². The fourth-order valence-electron chi connectivity index (χ4n) is 2.14. The fraction of sp³-hybridized carbons (Fsp3) is 0.500. The maximum atomic E-state index is 11.9. The summed E-state index contributed by atoms with van der Waals surface area (Å²) in [5.74, 6) is -0.188. The van der Waals surface area contributed by atoms with Crippen LogP contribution in [0.1, 0.15) is 18.9 Å². The van der Waals surface area contributed by atoms with Crippen molar-refractivity contribution in [3.05, 3.63) is 34.9 Å². The van der Waals surface area contributed by atoms with Gasteiger partial charge in [-0.3, -0.25) is 4.79 Å². The lowest BCUT2D eigenvalue weighted by atomic mass is 9.95. The smallest absolute Gasteiger partial charge is 0.225 e. The Bertz CT molecular complexity index is 456. The molecular formula is C14H18ClNO3. The molecule has 1 aromatic carbocycles. The van der Waals surface area contributed by atoms with Crippen molar-refractivity contribution in [3.8, 4) is 0 Å². The van der Waals surface area contributed by atoms with Crippen LogP contribution in [0.2, 0.25) is 5.02 Å². The summed E-state index contributed by atoms with van der Waals surface area (Å²) in [6.07, 6.45) is 0.736. The number of aliphatic hydroxyl groups is 1. The highest BCUT2D eigenvalue weighted by Gasteiger charge is 2.29. The topological polar surface area (TPSA) is 58.6 Å². The number of ether oxygens (including phenoxy) is 1. The molecule has 2 rings (SSSR count). The maximum Gasteiger partial charge on any atom is 0.225 e. The first-order valence-electron chi connectivity index (χ1n) is 6.33. The van der Waals surface area contributed by atoms with Gasteiger partial charge in [0.05, 0.1) is 19.1 Å². The lowest BCUT2D eigenvalue weighted by Crippen LogP contribution is -2.41. The van der Waals surface area contributed by atoms with E-state index < -0.39 is 5.60 Å². The number of hydrogen-bond donors (Lipinski definition) is 2. The number of carbonyl (C=O) groups excluding carboxylic acids is 1.